The van der Waals surface area contributed by atoms with Crippen LogP contribution in [-0.2, 0) is 4.74 Å². The molecule has 2 rings (SSSR count). The van der Waals surface area contributed by atoms with Gasteiger partial charge in [0, 0.05) is 17.5 Å². The van der Waals surface area contributed by atoms with Crippen LogP contribution in [0.15, 0.2) is 12.3 Å². The number of anilines is 2. The molecule has 6 heteroatoms. The normalized spacial score (nSPS) is 21.7. The molecule has 1 fully saturated rings. The molecular weight excluding hydrogens is 274 g/mol. The van der Waals surface area contributed by atoms with Crippen molar-refractivity contribution in [2.24, 2.45) is 0 Å². The zero-order valence-corrected chi connectivity index (χ0v) is 12.7. The Morgan fingerprint density at radius 2 is 2.40 bits per heavy atom. The number of ether oxygens (including phenoxy) is 1. The summed E-state index contributed by atoms with van der Waals surface area (Å²) >= 11 is 1.90. The number of aromatic nitrogens is 1. The Hall–Kier alpha value is -1.43. The fourth-order valence-electron chi connectivity index (χ4n) is 2.45. The molecule has 20 heavy (non-hydrogen) atoms. The summed E-state index contributed by atoms with van der Waals surface area (Å²) in [5, 5.41) is 4.05. The van der Waals surface area contributed by atoms with Gasteiger partial charge in [-0.15, -0.1) is 0 Å². The Balaban J connectivity index is 2.09. The number of esters is 1. The Morgan fingerprint density at radius 1 is 1.60 bits per heavy atom. The maximum Gasteiger partial charge on any atom is 0.340 e. The summed E-state index contributed by atoms with van der Waals surface area (Å²) in [6.45, 7) is 2.11. The smallest absolute Gasteiger partial charge is 0.340 e. The summed E-state index contributed by atoms with van der Waals surface area (Å²) in [5.74, 6) is 0.186. The van der Waals surface area contributed by atoms with Crippen LogP contribution >= 0.6 is 11.8 Å². The molecule has 0 aliphatic heterocycles. The van der Waals surface area contributed by atoms with Gasteiger partial charge in [0.1, 0.15) is 5.82 Å². The van der Waals surface area contributed by atoms with Crippen molar-refractivity contribution in [1.82, 2.24) is 4.98 Å². The first kappa shape index (κ1) is 15.0. The highest BCUT2D eigenvalue weighted by molar-refractivity contribution is 7.99. The highest BCUT2D eigenvalue weighted by Gasteiger charge is 2.25. The average molecular weight is 295 g/mol. The van der Waals surface area contributed by atoms with E-state index in [2.05, 4.69) is 16.6 Å². The van der Waals surface area contributed by atoms with Gasteiger partial charge >= 0.3 is 5.97 Å². The number of hydrogen-bond donors (Lipinski definition) is 2. The van der Waals surface area contributed by atoms with E-state index in [4.69, 9.17) is 10.5 Å². The van der Waals surface area contributed by atoms with E-state index in [1.54, 1.807) is 19.2 Å². The van der Waals surface area contributed by atoms with Gasteiger partial charge in [-0.2, -0.15) is 11.8 Å². The first-order valence-corrected chi connectivity index (χ1v) is 8.15. The third-order valence-corrected chi connectivity index (χ3v) is 4.64. The number of pyridine rings is 1. The zero-order valence-electron chi connectivity index (χ0n) is 11.9. The molecule has 0 radical (unpaired) electrons. The largest absolute Gasteiger partial charge is 0.462 e. The molecule has 1 aromatic rings. The lowest BCUT2D eigenvalue weighted by Crippen LogP contribution is -2.19. The van der Waals surface area contributed by atoms with Crippen LogP contribution < -0.4 is 11.1 Å². The fraction of sp³-hybridized carbons (Fsp3) is 0.571. The SMILES string of the molecule is CCOC(=O)c1ccnc(NC2CCC(SC)C2)c1N. The second-order valence-electron chi connectivity index (χ2n) is 4.85. The van der Waals surface area contributed by atoms with Gasteiger partial charge < -0.3 is 15.8 Å². The topological polar surface area (TPSA) is 77.2 Å². The number of carbonyl (C=O) groups is 1. The molecule has 1 heterocycles. The van der Waals surface area contributed by atoms with Crippen LogP contribution in [0.5, 0.6) is 0 Å². The standard InChI is InChI=1S/C14H21N3O2S/c1-3-19-14(18)11-6-7-16-13(12(11)15)17-9-4-5-10(8-9)20-2/h6-7,9-10H,3-5,8,15H2,1-2H3,(H,16,17). The van der Waals surface area contributed by atoms with Crippen molar-refractivity contribution >= 4 is 29.2 Å². The highest BCUT2D eigenvalue weighted by atomic mass is 32.2. The number of nitrogens with one attached hydrogen (secondary N) is 1. The Kier molecular flexibility index (Phi) is 5.11. The van der Waals surface area contributed by atoms with E-state index >= 15 is 0 Å². The summed E-state index contributed by atoms with van der Waals surface area (Å²) in [4.78, 5) is 16.0. The van der Waals surface area contributed by atoms with Crippen LogP contribution in [0.25, 0.3) is 0 Å². The van der Waals surface area contributed by atoms with Gasteiger partial charge in [-0.05, 0) is 38.5 Å². The summed E-state index contributed by atoms with van der Waals surface area (Å²) < 4.78 is 4.99. The minimum Gasteiger partial charge on any atom is -0.462 e. The highest BCUT2D eigenvalue weighted by Crippen LogP contribution is 2.31. The van der Waals surface area contributed by atoms with Crippen molar-refractivity contribution in [3.63, 3.8) is 0 Å². The lowest BCUT2D eigenvalue weighted by atomic mass is 10.2. The minimum absolute atomic E-state index is 0.335. The van der Waals surface area contributed by atoms with Gasteiger partial charge in [0.25, 0.3) is 0 Å². The Labute approximate surface area is 123 Å². The van der Waals surface area contributed by atoms with Crippen LogP contribution in [0.3, 0.4) is 0 Å². The third kappa shape index (κ3) is 3.36. The Bertz CT molecular complexity index is 481. The van der Waals surface area contributed by atoms with Crippen molar-refractivity contribution in [1.29, 1.82) is 0 Å². The summed E-state index contributed by atoms with van der Waals surface area (Å²) in [6.07, 6.45) is 7.14. The molecule has 3 N–H and O–H groups in total. The maximum absolute atomic E-state index is 11.8. The van der Waals surface area contributed by atoms with E-state index in [0.717, 1.165) is 12.8 Å². The lowest BCUT2D eigenvalue weighted by Gasteiger charge is -2.16. The molecular formula is C14H21N3O2S. The van der Waals surface area contributed by atoms with Gasteiger partial charge in [-0.1, -0.05) is 0 Å². The summed E-state index contributed by atoms with van der Waals surface area (Å²) in [6, 6.07) is 1.97. The molecule has 110 valence electrons. The first-order valence-electron chi connectivity index (χ1n) is 6.86. The number of thioether (sulfide) groups is 1. The van der Waals surface area contributed by atoms with Gasteiger partial charge in [0.05, 0.1) is 17.9 Å². The molecule has 0 bridgehead atoms. The molecule has 1 aromatic heterocycles. The second kappa shape index (κ2) is 6.83. The lowest BCUT2D eigenvalue weighted by molar-refractivity contribution is 0.0527. The van der Waals surface area contributed by atoms with Crippen LogP contribution in [0.2, 0.25) is 0 Å². The van der Waals surface area contributed by atoms with Crippen LogP contribution in [0, 0.1) is 0 Å². The molecule has 1 aliphatic rings. The van der Waals surface area contributed by atoms with Crippen molar-refractivity contribution < 1.29 is 9.53 Å². The van der Waals surface area contributed by atoms with E-state index in [-0.39, 0.29) is 0 Å². The quantitative estimate of drug-likeness (QED) is 0.813. The number of nitrogens with two attached hydrogens (primary N) is 1. The van der Waals surface area contributed by atoms with Gasteiger partial charge in [0.15, 0.2) is 0 Å². The molecule has 0 amide bonds. The van der Waals surface area contributed by atoms with E-state index in [0.29, 0.717) is 35.0 Å². The van der Waals surface area contributed by atoms with Gasteiger partial charge in [-0.25, -0.2) is 9.78 Å². The molecule has 2 unspecified atom stereocenters. The van der Waals surface area contributed by atoms with Crippen molar-refractivity contribution in [2.75, 3.05) is 23.9 Å². The number of carbonyl (C=O) groups excluding carboxylic acids is 1. The number of nitrogens with zero attached hydrogens (tertiary/aromatic N) is 1. The molecule has 0 saturated heterocycles. The Morgan fingerprint density at radius 3 is 3.05 bits per heavy atom. The van der Waals surface area contributed by atoms with E-state index < -0.39 is 5.97 Å². The summed E-state index contributed by atoms with van der Waals surface area (Å²) in [5.41, 5.74) is 6.78. The van der Waals surface area contributed by atoms with E-state index in [1.807, 2.05) is 11.8 Å². The van der Waals surface area contributed by atoms with E-state index in [1.165, 1.54) is 6.42 Å². The molecule has 1 aliphatic carbocycles. The van der Waals surface area contributed by atoms with Crippen molar-refractivity contribution in [3.05, 3.63) is 17.8 Å². The molecule has 1 saturated carbocycles. The number of nitrogen functional groups attached to an aromatic ring is 1. The summed E-state index contributed by atoms with van der Waals surface area (Å²) in [7, 11) is 0. The molecule has 0 aromatic carbocycles. The predicted molar refractivity (Wildman–Crippen MR) is 83.2 cm³/mol. The van der Waals surface area contributed by atoms with Crippen LogP contribution in [0.4, 0.5) is 11.5 Å². The number of rotatable bonds is 5. The molecule has 2 atom stereocenters. The average Bonchev–Trinajstić information content (AvgIpc) is 2.89. The third-order valence-electron chi connectivity index (χ3n) is 3.54. The fourth-order valence-corrected chi connectivity index (χ4v) is 3.25. The van der Waals surface area contributed by atoms with Crippen LogP contribution in [0.1, 0.15) is 36.5 Å². The first-order chi connectivity index (χ1) is 9.65. The van der Waals surface area contributed by atoms with Gasteiger partial charge in [-0.3, -0.25) is 0 Å². The number of hydrogen-bond acceptors (Lipinski definition) is 6. The van der Waals surface area contributed by atoms with Crippen LogP contribution in [-0.4, -0.2) is 35.1 Å². The second-order valence-corrected chi connectivity index (χ2v) is 5.99. The maximum atomic E-state index is 11.8. The van der Waals surface area contributed by atoms with Crippen molar-refractivity contribution in [3.8, 4) is 0 Å². The molecule has 5 nitrogen and oxygen atoms in total. The van der Waals surface area contributed by atoms with Gasteiger partial charge in [0.2, 0.25) is 0 Å². The molecule has 0 spiro atoms. The van der Waals surface area contributed by atoms with E-state index in [9.17, 15) is 4.79 Å². The monoisotopic (exact) mass is 295 g/mol. The predicted octanol–water partition coefficient (Wildman–Crippen LogP) is 2.54. The minimum atomic E-state index is -0.399. The van der Waals surface area contributed by atoms with Crippen molar-refractivity contribution in [2.45, 2.75) is 37.5 Å². The zero-order chi connectivity index (χ0) is 14.5.